The van der Waals surface area contributed by atoms with E-state index in [9.17, 15) is 0 Å². The number of hydrogen-bond acceptors (Lipinski definition) is 1. The van der Waals surface area contributed by atoms with Gasteiger partial charge in [0.1, 0.15) is 0 Å². The molecule has 0 aliphatic carbocycles. The van der Waals surface area contributed by atoms with Crippen LogP contribution in [0.5, 0.6) is 0 Å². The standard InChI is InChI=1S/C6H11N.Y/c1-6-3-4-7(2)5-6;/h4,6H,1,3,5H2,2H3;/q-2;/t6-;/m0./s1. The minimum absolute atomic E-state index is 0. The van der Waals surface area contributed by atoms with Crippen LogP contribution in [-0.4, -0.2) is 18.5 Å². The first-order valence-electron chi connectivity index (χ1n) is 2.65. The second kappa shape index (κ2) is 3.97. The van der Waals surface area contributed by atoms with Crippen molar-refractivity contribution in [3.8, 4) is 0 Å². The Bertz CT molecular complexity index is 57.5. The van der Waals surface area contributed by atoms with Gasteiger partial charge in [0.15, 0.2) is 0 Å². The SMILES string of the molecule is [CH2-][C@H]1C[CH-]N(C)C1.[Y]. The Kier molecular flexibility index (Phi) is 4.50. The van der Waals surface area contributed by atoms with Crippen LogP contribution in [0.1, 0.15) is 6.42 Å². The Morgan fingerprint density at radius 2 is 2.38 bits per heavy atom. The van der Waals surface area contributed by atoms with Crippen LogP contribution < -0.4 is 0 Å². The first kappa shape index (κ1) is 9.06. The monoisotopic (exact) mass is 186 g/mol. The summed E-state index contributed by atoms with van der Waals surface area (Å²) in [4.78, 5) is 2.19. The molecule has 0 spiro atoms. The summed E-state index contributed by atoms with van der Waals surface area (Å²) >= 11 is 0. The Balaban J connectivity index is 0.000000490. The van der Waals surface area contributed by atoms with Gasteiger partial charge in [0.05, 0.1) is 0 Å². The molecule has 1 heterocycles. The zero-order chi connectivity index (χ0) is 5.28. The van der Waals surface area contributed by atoms with Gasteiger partial charge in [-0.1, -0.05) is 6.54 Å². The van der Waals surface area contributed by atoms with Gasteiger partial charge in [-0.25, -0.2) is 0 Å². The molecule has 2 heteroatoms. The second-order valence-corrected chi connectivity index (χ2v) is 2.22. The Labute approximate surface area is 76.7 Å². The summed E-state index contributed by atoms with van der Waals surface area (Å²) in [5.41, 5.74) is 0. The molecule has 1 atom stereocenters. The average molecular weight is 186 g/mol. The molecular weight excluding hydrogens is 175 g/mol. The molecule has 8 heavy (non-hydrogen) atoms. The van der Waals surface area contributed by atoms with Crippen LogP contribution in [0.15, 0.2) is 0 Å². The van der Waals surface area contributed by atoms with E-state index in [1.807, 2.05) is 0 Å². The van der Waals surface area contributed by atoms with Crippen LogP contribution in [-0.2, 0) is 32.7 Å². The molecule has 0 aromatic carbocycles. The molecule has 0 N–H and O–H groups in total. The minimum Gasteiger partial charge on any atom is -0.461 e. The van der Waals surface area contributed by atoms with Gasteiger partial charge < -0.3 is 11.8 Å². The molecule has 0 aromatic rings. The van der Waals surface area contributed by atoms with Crippen LogP contribution in [0, 0.1) is 19.4 Å². The number of hydrogen-bond donors (Lipinski definition) is 0. The topological polar surface area (TPSA) is 3.24 Å². The third kappa shape index (κ3) is 2.56. The number of rotatable bonds is 0. The fraction of sp³-hybridized carbons (Fsp3) is 0.667. The second-order valence-electron chi connectivity index (χ2n) is 2.22. The van der Waals surface area contributed by atoms with Crippen molar-refractivity contribution in [2.24, 2.45) is 5.92 Å². The van der Waals surface area contributed by atoms with Gasteiger partial charge in [-0.05, 0) is 7.05 Å². The van der Waals surface area contributed by atoms with Gasteiger partial charge >= 0.3 is 0 Å². The fourth-order valence-corrected chi connectivity index (χ4v) is 0.885. The maximum Gasteiger partial charge on any atom is 0 e. The smallest absolute Gasteiger partial charge is 0 e. The first-order chi connectivity index (χ1) is 3.29. The van der Waals surface area contributed by atoms with E-state index in [4.69, 9.17) is 0 Å². The summed E-state index contributed by atoms with van der Waals surface area (Å²) in [5.74, 6) is 0.644. The van der Waals surface area contributed by atoms with Crippen molar-refractivity contribution in [1.82, 2.24) is 4.90 Å². The third-order valence-electron chi connectivity index (χ3n) is 1.30. The molecule has 45 valence electrons. The molecule has 0 amide bonds. The van der Waals surface area contributed by atoms with E-state index in [-0.39, 0.29) is 32.7 Å². The maximum absolute atomic E-state index is 3.92. The van der Waals surface area contributed by atoms with E-state index in [1.165, 1.54) is 0 Å². The van der Waals surface area contributed by atoms with Gasteiger partial charge in [0.25, 0.3) is 0 Å². The van der Waals surface area contributed by atoms with Crippen LogP contribution >= 0.6 is 0 Å². The Morgan fingerprint density at radius 1 is 1.75 bits per heavy atom. The molecule has 0 unspecified atom stereocenters. The predicted molar refractivity (Wildman–Crippen MR) is 30.4 cm³/mol. The molecule has 0 aromatic heterocycles. The number of likely N-dealkylation sites (tertiary alicyclic amines) is 1. The van der Waals surface area contributed by atoms with Crippen molar-refractivity contribution in [1.29, 1.82) is 0 Å². The molecule has 1 rings (SSSR count). The summed E-state index contributed by atoms with van der Waals surface area (Å²) in [6.07, 6.45) is 1.16. The van der Waals surface area contributed by atoms with E-state index in [0.717, 1.165) is 13.0 Å². The van der Waals surface area contributed by atoms with E-state index < -0.39 is 0 Å². The van der Waals surface area contributed by atoms with Crippen LogP contribution in [0.25, 0.3) is 0 Å². The number of nitrogens with zero attached hydrogens (tertiary/aromatic N) is 1. The normalized spacial score (nSPS) is 30.0. The Hall–Kier alpha value is 1.06. The molecular formula is C6H11NY-2. The molecule has 1 fully saturated rings. The van der Waals surface area contributed by atoms with E-state index in [1.54, 1.807) is 0 Å². The molecule has 1 aliphatic heterocycles. The summed E-state index contributed by atoms with van der Waals surface area (Å²) in [7, 11) is 2.09. The molecule has 1 radical (unpaired) electrons. The third-order valence-corrected chi connectivity index (χ3v) is 1.30. The van der Waals surface area contributed by atoms with E-state index in [2.05, 4.69) is 25.4 Å². The summed E-state index contributed by atoms with van der Waals surface area (Å²) in [6, 6.07) is 0. The fourth-order valence-electron chi connectivity index (χ4n) is 0.885. The largest absolute Gasteiger partial charge is 0.461 e. The molecule has 1 nitrogen and oxygen atoms in total. The summed E-state index contributed by atoms with van der Waals surface area (Å²) in [5, 5.41) is 0. The first-order valence-corrected chi connectivity index (χ1v) is 2.65. The molecule has 1 saturated heterocycles. The summed E-state index contributed by atoms with van der Waals surface area (Å²) in [6.45, 7) is 7.25. The van der Waals surface area contributed by atoms with Crippen molar-refractivity contribution in [2.45, 2.75) is 6.42 Å². The van der Waals surface area contributed by atoms with Gasteiger partial charge in [-0.2, -0.15) is 12.3 Å². The van der Waals surface area contributed by atoms with Crippen LogP contribution in [0.4, 0.5) is 0 Å². The molecule has 1 aliphatic rings. The van der Waals surface area contributed by atoms with Crippen molar-refractivity contribution in [2.75, 3.05) is 13.6 Å². The average Bonchev–Trinajstić information content (AvgIpc) is 1.87. The van der Waals surface area contributed by atoms with Crippen molar-refractivity contribution < 1.29 is 32.7 Å². The van der Waals surface area contributed by atoms with Gasteiger partial charge in [0, 0.05) is 32.7 Å². The summed E-state index contributed by atoms with van der Waals surface area (Å²) < 4.78 is 0. The van der Waals surface area contributed by atoms with Crippen molar-refractivity contribution in [3.63, 3.8) is 0 Å². The van der Waals surface area contributed by atoms with Crippen molar-refractivity contribution in [3.05, 3.63) is 13.5 Å². The van der Waals surface area contributed by atoms with Crippen LogP contribution in [0.3, 0.4) is 0 Å². The van der Waals surface area contributed by atoms with Crippen LogP contribution in [0.2, 0.25) is 0 Å². The Morgan fingerprint density at radius 3 is 2.50 bits per heavy atom. The van der Waals surface area contributed by atoms with Gasteiger partial charge in [-0.15, -0.1) is 0 Å². The zero-order valence-electron chi connectivity index (χ0n) is 5.30. The quantitative estimate of drug-likeness (QED) is 0.508. The van der Waals surface area contributed by atoms with E-state index in [0.29, 0.717) is 5.92 Å². The van der Waals surface area contributed by atoms with Crippen molar-refractivity contribution >= 4 is 0 Å². The van der Waals surface area contributed by atoms with E-state index >= 15 is 0 Å². The van der Waals surface area contributed by atoms with Gasteiger partial charge in [0.2, 0.25) is 0 Å². The molecule has 0 saturated carbocycles. The maximum atomic E-state index is 3.92. The predicted octanol–water partition coefficient (Wildman–Crippen LogP) is 0.931. The molecule has 0 bridgehead atoms. The minimum atomic E-state index is 0. The van der Waals surface area contributed by atoms with Gasteiger partial charge in [-0.3, -0.25) is 6.54 Å². The zero-order valence-corrected chi connectivity index (χ0v) is 8.14.